The highest BCUT2D eigenvalue weighted by Gasteiger charge is 2.04. The van der Waals surface area contributed by atoms with Gasteiger partial charge in [0.2, 0.25) is 0 Å². The topological polar surface area (TPSA) is 17.1 Å². The van der Waals surface area contributed by atoms with E-state index < -0.39 is 0 Å². The third-order valence-electron chi connectivity index (χ3n) is 2.63. The van der Waals surface area contributed by atoms with Crippen LogP contribution in [0, 0.1) is 0 Å². The summed E-state index contributed by atoms with van der Waals surface area (Å²) < 4.78 is 0. The van der Waals surface area contributed by atoms with Crippen LogP contribution in [-0.4, -0.2) is 5.78 Å². The standard InChI is InChI=1S/C15H14O.S8/c16-15(11-13-7-3-1-4-8-13)12-14-9-5-2-6-10-14;1-3-5-7-8-6-4-2/h1-10H,11-12H2;. The Morgan fingerprint density at radius 1 is 0.667 bits per heavy atom. The molecule has 0 unspecified atom stereocenters. The summed E-state index contributed by atoms with van der Waals surface area (Å²) in [4.78, 5) is 11.8. The SMILES string of the molecule is O=C(Cc1ccccc1)Cc1ccccc1.S=S=S=S=S=S=S=S. The van der Waals surface area contributed by atoms with Gasteiger partial charge in [0.25, 0.3) is 0 Å². The molecular weight excluding hydrogens is 453 g/mol. The normalized spacial score (nSPS) is 8.83. The Morgan fingerprint density at radius 2 is 1.04 bits per heavy atom. The molecule has 0 spiro atoms. The van der Waals surface area contributed by atoms with Crippen molar-refractivity contribution in [3.8, 4) is 0 Å². The van der Waals surface area contributed by atoms with Crippen LogP contribution >= 0.6 is 0 Å². The molecule has 2 aromatic rings. The molecule has 0 atom stereocenters. The average Bonchev–Trinajstić information content (AvgIpc) is 2.61. The Kier molecular flexibility index (Phi) is 13.8. The second-order valence-corrected chi connectivity index (χ2v) is 14.9. The van der Waals surface area contributed by atoms with Gasteiger partial charge in [-0.2, -0.15) is 0 Å². The quantitative estimate of drug-likeness (QED) is 0.689. The van der Waals surface area contributed by atoms with Gasteiger partial charge in [0, 0.05) is 88.5 Å². The Labute approximate surface area is 169 Å². The van der Waals surface area contributed by atoms with Crippen LogP contribution in [0.15, 0.2) is 60.7 Å². The highest BCUT2D eigenvalue weighted by molar-refractivity contribution is 8.70. The smallest absolute Gasteiger partial charge is 0.141 e. The predicted molar refractivity (Wildman–Crippen MR) is 124 cm³/mol. The monoisotopic (exact) mass is 466 g/mol. The molecule has 0 aliphatic rings. The second kappa shape index (κ2) is 15.2. The number of Topliss-reactive ketones (excluding diaryl/α,β-unsaturated/α-hetero) is 1. The molecule has 0 N–H and O–H groups in total. The first-order valence-electron chi connectivity index (χ1n) is 6.61. The van der Waals surface area contributed by atoms with Crippen molar-refractivity contribution in [2.75, 3.05) is 0 Å². The van der Waals surface area contributed by atoms with Crippen LogP contribution in [0.25, 0.3) is 0 Å². The molecule has 2 rings (SSSR count). The van der Waals surface area contributed by atoms with Crippen molar-refractivity contribution in [3.63, 3.8) is 0 Å². The maximum atomic E-state index is 11.8. The number of carbonyl (C=O) groups is 1. The highest BCUT2D eigenvalue weighted by Crippen LogP contribution is 2.05. The molecule has 9 heteroatoms. The number of rotatable bonds is 4. The Morgan fingerprint density at radius 3 is 1.38 bits per heavy atom. The van der Waals surface area contributed by atoms with Gasteiger partial charge in [-0.25, -0.2) is 0 Å². The van der Waals surface area contributed by atoms with Gasteiger partial charge in [-0.15, -0.1) is 0 Å². The minimum Gasteiger partial charge on any atom is -0.299 e. The summed E-state index contributed by atoms with van der Waals surface area (Å²) in [5.41, 5.74) is 2.17. The third-order valence-corrected chi connectivity index (χ3v) is 13.7. The van der Waals surface area contributed by atoms with Crippen LogP contribution in [0.5, 0.6) is 0 Å². The van der Waals surface area contributed by atoms with E-state index in [-0.39, 0.29) is 5.78 Å². The van der Waals surface area contributed by atoms with E-state index in [0.717, 1.165) is 11.1 Å². The summed E-state index contributed by atoms with van der Waals surface area (Å²) in [5.74, 6) is 0.261. The van der Waals surface area contributed by atoms with E-state index in [4.69, 9.17) is 0 Å². The van der Waals surface area contributed by atoms with Gasteiger partial charge in [-0.3, -0.25) is 4.79 Å². The van der Waals surface area contributed by atoms with Crippen molar-refractivity contribution in [1.82, 2.24) is 0 Å². The van der Waals surface area contributed by atoms with E-state index in [1.807, 2.05) is 60.7 Å². The molecule has 0 heterocycles. The number of ketones is 1. The third kappa shape index (κ3) is 11.4. The van der Waals surface area contributed by atoms with Crippen LogP contribution in [0.2, 0.25) is 0 Å². The molecule has 0 fully saturated rings. The summed E-state index contributed by atoms with van der Waals surface area (Å²) in [5, 5.41) is 0. The predicted octanol–water partition coefficient (Wildman–Crippen LogP) is 3.02. The summed E-state index contributed by atoms with van der Waals surface area (Å²) in [6, 6.07) is 19.7. The number of carbonyl (C=O) groups excluding carboxylic acids is 1. The number of hydrogen-bond acceptors (Lipinski definition) is 3. The maximum absolute atomic E-state index is 11.8. The van der Waals surface area contributed by atoms with Crippen molar-refractivity contribution in [2.24, 2.45) is 0 Å². The molecule has 1 nitrogen and oxygen atoms in total. The molecule has 0 amide bonds. The zero-order chi connectivity index (χ0) is 17.5. The minimum absolute atomic E-state index is 0.261. The second-order valence-electron chi connectivity index (χ2n) is 4.27. The largest absolute Gasteiger partial charge is 0.299 e. The van der Waals surface area contributed by atoms with Gasteiger partial charge in [0.05, 0.1) is 0 Å². The molecule has 0 aliphatic carbocycles. The first-order valence-corrected chi connectivity index (χ1v) is 15.9. The van der Waals surface area contributed by atoms with Crippen LogP contribution in [0.1, 0.15) is 11.1 Å². The van der Waals surface area contributed by atoms with E-state index in [0.29, 0.717) is 12.8 Å². The van der Waals surface area contributed by atoms with Crippen molar-refractivity contribution in [2.45, 2.75) is 12.8 Å². The van der Waals surface area contributed by atoms with Crippen LogP contribution < -0.4 is 0 Å². The lowest BCUT2D eigenvalue weighted by Gasteiger charge is -2.01. The fourth-order valence-corrected chi connectivity index (χ4v) is 12.7. The highest BCUT2D eigenvalue weighted by atomic mass is 33.4. The summed E-state index contributed by atoms with van der Waals surface area (Å²) >= 11 is 9.21. The van der Waals surface area contributed by atoms with E-state index in [1.54, 1.807) is 35.5 Å². The maximum Gasteiger partial charge on any atom is 0.141 e. The molecule has 2 aromatic carbocycles. The van der Waals surface area contributed by atoms with Gasteiger partial charge in [0.15, 0.2) is 0 Å². The van der Waals surface area contributed by atoms with E-state index in [1.165, 1.54) is 17.8 Å². The van der Waals surface area contributed by atoms with Crippen molar-refractivity contribution < 1.29 is 4.79 Å². The van der Waals surface area contributed by atoms with Gasteiger partial charge in [-0.1, -0.05) is 60.7 Å². The fraction of sp³-hybridized carbons (Fsp3) is 0.133. The van der Waals surface area contributed by atoms with Gasteiger partial charge in [0.1, 0.15) is 5.78 Å². The minimum atomic E-state index is 0.261. The van der Waals surface area contributed by atoms with E-state index in [2.05, 4.69) is 22.4 Å². The summed E-state index contributed by atoms with van der Waals surface area (Å²) in [6.45, 7) is 0. The zero-order valence-electron chi connectivity index (χ0n) is 12.4. The molecule has 0 saturated heterocycles. The Bertz CT molecular complexity index is 802. The van der Waals surface area contributed by atoms with Gasteiger partial charge < -0.3 is 0 Å². The molecule has 24 heavy (non-hydrogen) atoms. The van der Waals surface area contributed by atoms with Crippen molar-refractivity contribution in [1.29, 1.82) is 0 Å². The molecule has 0 radical (unpaired) electrons. The average molecular weight is 467 g/mol. The first-order chi connectivity index (χ1) is 11.8. The lowest BCUT2D eigenvalue weighted by atomic mass is 10.0. The Hall–Kier alpha value is -0.130. The molecule has 128 valence electrons. The van der Waals surface area contributed by atoms with E-state index >= 15 is 0 Å². The molecule has 0 saturated carbocycles. The van der Waals surface area contributed by atoms with Crippen molar-refractivity contribution in [3.05, 3.63) is 71.8 Å². The molecule has 0 aliphatic heterocycles. The van der Waals surface area contributed by atoms with Crippen LogP contribution in [0.4, 0.5) is 0 Å². The Balaban J connectivity index is 0.000000307. The van der Waals surface area contributed by atoms with Crippen molar-refractivity contribution >= 4 is 81.4 Å². The summed E-state index contributed by atoms with van der Waals surface area (Å²) in [7, 11) is 9.12. The number of hydrogen-bond donors (Lipinski definition) is 0. The van der Waals surface area contributed by atoms with Gasteiger partial charge in [-0.05, 0) is 11.1 Å². The van der Waals surface area contributed by atoms with Crippen LogP contribution in [0.3, 0.4) is 0 Å². The lowest BCUT2D eigenvalue weighted by molar-refractivity contribution is -0.117. The zero-order valence-corrected chi connectivity index (χ0v) is 18.9. The first kappa shape index (κ1) is 21.9. The van der Waals surface area contributed by atoms with Crippen LogP contribution in [-0.2, 0) is 93.3 Å². The number of benzene rings is 2. The molecular formula is C15H14OS8. The fourth-order valence-electron chi connectivity index (χ4n) is 1.75. The van der Waals surface area contributed by atoms with Gasteiger partial charge >= 0.3 is 0 Å². The molecule has 0 bridgehead atoms. The molecule has 0 aromatic heterocycles. The summed E-state index contributed by atoms with van der Waals surface area (Å²) in [6.07, 6.45) is 1.05. The van der Waals surface area contributed by atoms with E-state index in [9.17, 15) is 4.79 Å². The lowest BCUT2D eigenvalue weighted by Crippen LogP contribution is -2.06.